The summed E-state index contributed by atoms with van der Waals surface area (Å²) in [6.45, 7) is 14.6. The highest BCUT2D eigenvalue weighted by molar-refractivity contribution is 5.26. The number of aliphatic hydroxyl groups is 2. The van der Waals surface area contributed by atoms with Crippen molar-refractivity contribution in [3.05, 3.63) is 35.9 Å². The Kier molecular flexibility index (Phi) is 6.88. The first-order chi connectivity index (χ1) is 18.0. The molecule has 0 unspecified atom stereocenters. The molecule has 5 fully saturated rings. The Labute approximate surface area is 232 Å². The summed E-state index contributed by atoms with van der Waals surface area (Å²) in [5.41, 5.74) is 2.41. The third-order valence-electron chi connectivity index (χ3n) is 14.0. The van der Waals surface area contributed by atoms with Crippen LogP contribution in [-0.2, 0) is 11.3 Å². The number of fused-ring (bicyclic) bond motifs is 4. The normalized spacial score (nSPS) is 46.4. The predicted octanol–water partition coefficient (Wildman–Crippen LogP) is 7.49. The first-order valence-electron chi connectivity index (χ1n) is 16.1. The third kappa shape index (κ3) is 3.84. The van der Waals surface area contributed by atoms with Crippen molar-refractivity contribution in [2.75, 3.05) is 0 Å². The average molecular weight is 523 g/mol. The quantitative estimate of drug-likeness (QED) is 0.372. The fourth-order valence-electron chi connectivity index (χ4n) is 11.4. The minimum Gasteiger partial charge on any atom is -0.390 e. The third-order valence-corrected chi connectivity index (χ3v) is 14.0. The molecule has 6 rings (SSSR count). The first kappa shape index (κ1) is 27.3. The smallest absolute Gasteiger partial charge is 0.0830 e. The Bertz CT molecular complexity index is 992. The molecular formula is C35H54O3. The van der Waals surface area contributed by atoms with Crippen molar-refractivity contribution in [2.24, 2.45) is 63.6 Å². The highest BCUT2D eigenvalue weighted by atomic mass is 16.5. The second kappa shape index (κ2) is 9.59. The summed E-state index contributed by atoms with van der Waals surface area (Å²) < 4.78 is 6.94. The van der Waals surface area contributed by atoms with E-state index in [4.69, 9.17) is 4.74 Å². The molecular weight excluding hydrogens is 468 g/mol. The van der Waals surface area contributed by atoms with Crippen LogP contribution in [0.5, 0.6) is 0 Å². The molecule has 2 N–H and O–H groups in total. The van der Waals surface area contributed by atoms with Gasteiger partial charge >= 0.3 is 0 Å². The molecule has 1 aromatic rings. The molecule has 13 atom stereocenters. The molecule has 5 aliphatic rings. The standard InChI is InChI=1S/C35H54O3/c1-21(2)22(3)31(36)32(37)23(4)27-12-13-28-26-18-30(38-20-24-10-8-7-9-11-24)35-19-25(35)14-17-34(35,6)29(26)15-16-33(27,28)5/h7-11,21-23,25-32,36-37H,12-20H2,1-6H3/t22-,23-,25-,26-,27+,28-,29-,30+,31+,32+,33+,34+,35-/m0/s1. The van der Waals surface area contributed by atoms with Gasteiger partial charge in [-0.2, -0.15) is 0 Å². The van der Waals surface area contributed by atoms with E-state index in [1.54, 1.807) is 0 Å². The van der Waals surface area contributed by atoms with Gasteiger partial charge in [-0.3, -0.25) is 0 Å². The van der Waals surface area contributed by atoms with E-state index < -0.39 is 12.2 Å². The minimum absolute atomic E-state index is 0.110. The highest BCUT2D eigenvalue weighted by Crippen LogP contribution is 2.82. The van der Waals surface area contributed by atoms with Crippen LogP contribution in [0.25, 0.3) is 0 Å². The number of aliphatic hydroxyl groups excluding tert-OH is 2. The van der Waals surface area contributed by atoms with Crippen LogP contribution >= 0.6 is 0 Å². The molecule has 0 amide bonds. The molecule has 38 heavy (non-hydrogen) atoms. The zero-order chi connectivity index (χ0) is 27.0. The molecule has 0 bridgehead atoms. The minimum atomic E-state index is -0.640. The molecule has 1 aromatic carbocycles. The number of ether oxygens (including phenoxy) is 1. The van der Waals surface area contributed by atoms with E-state index in [2.05, 4.69) is 71.9 Å². The zero-order valence-corrected chi connectivity index (χ0v) is 24.9. The summed E-state index contributed by atoms with van der Waals surface area (Å²) in [5, 5.41) is 22.4. The van der Waals surface area contributed by atoms with E-state index in [-0.39, 0.29) is 17.3 Å². The summed E-state index contributed by atoms with van der Waals surface area (Å²) in [6, 6.07) is 10.8. The van der Waals surface area contributed by atoms with Gasteiger partial charge in [0.05, 0.1) is 24.9 Å². The van der Waals surface area contributed by atoms with Gasteiger partial charge in [0.25, 0.3) is 0 Å². The van der Waals surface area contributed by atoms with E-state index in [9.17, 15) is 10.2 Å². The van der Waals surface area contributed by atoms with Gasteiger partial charge in [0.2, 0.25) is 0 Å². The summed E-state index contributed by atoms with van der Waals surface area (Å²) in [6.07, 6.45) is 9.67. The van der Waals surface area contributed by atoms with Gasteiger partial charge in [-0.1, -0.05) is 71.9 Å². The Morgan fingerprint density at radius 3 is 2.32 bits per heavy atom. The monoisotopic (exact) mass is 522 g/mol. The van der Waals surface area contributed by atoms with Crippen molar-refractivity contribution >= 4 is 0 Å². The fourth-order valence-corrected chi connectivity index (χ4v) is 11.4. The van der Waals surface area contributed by atoms with Crippen molar-refractivity contribution in [1.82, 2.24) is 0 Å². The lowest BCUT2D eigenvalue weighted by atomic mass is 9.45. The summed E-state index contributed by atoms with van der Waals surface area (Å²) >= 11 is 0. The molecule has 3 nitrogen and oxygen atoms in total. The number of benzene rings is 1. The van der Waals surface area contributed by atoms with E-state index >= 15 is 0 Å². The van der Waals surface area contributed by atoms with Crippen LogP contribution < -0.4 is 0 Å². The SMILES string of the molecule is CC(C)[C@H](C)[C@@H](O)[C@H](O)[C@@H](C)[C@H]1CC[C@H]2[C@@H]3C[C@@H](OCc4ccccc4)[C@]45C[C@@H]4CC[C@]5(C)[C@H]3CC[C@]12C. The van der Waals surface area contributed by atoms with Gasteiger partial charge in [0.15, 0.2) is 0 Å². The number of hydrogen-bond donors (Lipinski definition) is 2. The molecule has 0 radical (unpaired) electrons. The van der Waals surface area contributed by atoms with Gasteiger partial charge in [0.1, 0.15) is 0 Å². The Morgan fingerprint density at radius 1 is 0.895 bits per heavy atom. The lowest BCUT2D eigenvalue weighted by molar-refractivity contribution is -0.175. The topological polar surface area (TPSA) is 49.7 Å². The molecule has 5 saturated carbocycles. The largest absolute Gasteiger partial charge is 0.390 e. The molecule has 0 aromatic heterocycles. The Morgan fingerprint density at radius 2 is 1.63 bits per heavy atom. The summed E-state index contributed by atoms with van der Waals surface area (Å²) in [5.74, 6) is 4.27. The van der Waals surface area contributed by atoms with Gasteiger partial charge < -0.3 is 14.9 Å². The summed E-state index contributed by atoms with van der Waals surface area (Å²) in [7, 11) is 0. The van der Waals surface area contributed by atoms with Gasteiger partial charge in [-0.05, 0) is 115 Å². The van der Waals surface area contributed by atoms with E-state index in [1.165, 1.54) is 56.9 Å². The molecule has 212 valence electrons. The predicted molar refractivity (Wildman–Crippen MR) is 153 cm³/mol. The van der Waals surface area contributed by atoms with Crippen LogP contribution in [0.2, 0.25) is 0 Å². The highest BCUT2D eigenvalue weighted by Gasteiger charge is 2.77. The molecule has 3 heteroatoms. The second-order valence-corrected chi connectivity index (χ2v) is 15.5. The van der Waals surface area contributed by atoms with Crippen LogP contribution in [0.3, 0.4) is 0 Å². The van der Waals surface area contributed by atoms with Crippen LogP contribution in [0.4, 0.5) is 0 Å². The average Bonchev–Trinajstić information content (AvgIpc) is 3.42. The number of rotatable bonds is 8. The molecule has 1 spiro atoms. The molecule has 0 heterocycles. The van der Waals surface area contributed by atoms with E-state index in [0.29, 0.717) is 28.8 Å². The first-order valence-corrected chi connectivity index (χ1v) is 16.1. The van der Waals surface area contributed by atoms with Crippen molar-refractivity contribution in [3.8, 4) is 0 Å². The lowest BCUT2D eigenvalue weighted by Gasteiger charge is -2.61. The van der Waals surface area contributed by atoms with Gasteiger partial charge in [-0.25, -0.2) is 0 Å². The van der Waals surface area contributed by atoms with Crippen molar-refractivity contribution < 1.29 is 14.9 Å². The van der Waals surface area contributed by atoms with Crippen molar-refractivity contribution in [3.63, 3.8) is 0 Å². The fraction of sp³-hybridized carbons (Fsp3) is 0.829. The molecule has 0 aliphatic heterocycles. The maximum absolute atomic E-state index is 11.4. The number of hydrogen-bond acceptors (Lipinski definition) is 3. The Balaban J connectivity index is 1.24. The zero-order valence-electron chi connectivity index (χ0n) is 24.9. The van der Waals surface area contributed by atoms with E-state index in [0.717, 1.165) is 30.3 Å². The van der Waals surface area contributed by atoms with Crippen LogP contribution in [0.1, 0.15) is 98.5 Å². The van der Waals surface area contributed by atoms with Crippen LogP contribution in [-0.4, -0.2) is 28.5 Å². The lowest BCUT2D eigenvalue weighted by Crippen LogP contribution is -2.57. The van der Waals surface area contributed by atoms with Crippen molar-refractivity contribution in [2.45, 2.75) is 118 Å². The molecule has 0 saturated heterocycles. The molecule has 5 aliphatic carbocycles. The van der Waals surface area contributed by atoms with Crippen molar-refractivity contribution in [1.29, 1.82) is 0 Å². The van der Waals surface area contributed by atoms with Crippen LogP contribution in [0.15, 0.2) is 30.3 Å². The second-order valence-electron chi connectivity index (χ2n) is 15.5. The maximum Gasteiger partial charge on any atom is 0.0830 e. The Hall–Kier alpha value is -0.900. The van der Waals surface area contributed by atoms with Gasteiger partial charge in [-0.15, -0.1) is 0 Å². The van der Waals surface area contributed by atoms with Gasteiger partial charge in [0, 0.05) is 5.41 Å². The van der Waals surface area contributed by atoms with E-state index in [1.807, 2.05) is 0 Å². The van der Waals surface area contributed by atoms with Crippen LogP contribution in [0, 0.1) is 63.6 Å². The maximum atomic E-state index is 11.4. The summed E-state index contributed by atoms with van der Waals surface area (Å²) in [4.78, 5) is 0.